The van der Waals surface area contributed by atoms with Crippen LogP contribution in [-0.2, 0) is 12.8 Å². The summed E-state index contributed by atoms with van der Waals surface area (Å²) in [4.78, 5) is 0. The Hall–Kier alpha value is -1.77. The van der Waals surface area contributed by atoms with E-state index >= 15 is 0 Å². The quantitative estimate of drug-likeness (QED) is 0.682. The van der Waals surface area contributed by atoms with E-state index in [1.807, 2.05) is 23.7 Å². The fourth-order valence-electron chi connectivity index (χ4n) is 1.46. The Bertz CT molecular complexity index is 581. The van der Waals surface area contributed by atoms with Gasteiger partial charge in [-0.1, -0.05) is 35.7 Å². The van der Waals surface area contributed by atoms with Gasteiger partial charge < -0.3 is 9.67 Å². The molecule has 0 saturated heterocycles. The number of thioether (sulfide) groups is 1. The maximum Gasteiger partial charge on any atom is 0.191 e. The Kier molecular flexibility index (Phi) is 5.01. The maximum absolute atomic E-state index is 8.65. The third kappa shape index (κ3) is 4.12. The monoisotopic (exact) mass is 273 g/mol. The lowest BCUT2D eigenvalue weighted by molar-refractivity contribution is 0.305. The summed E-state index contributed by atoms with van der Waals surface area (Å²) < 4.78 is 1.90. The summed E-state index contributed by atoms with van der Waals surface area (Å²) in [5, 5.41) is 17.4. The molecule has 2 aromatic rings. The third-order valence-corrected chi connectivity index (χ3v) is 3.57. The SMILES string of the molecule is Cn1cnnc1SCc1ccc(C#CCCO)cc1. The highest BCUT2D eigenvalue weighted by molar-refractivity contribution is 7.98. The number of benzene rings is 1. The zero-order valence-electron chi connectivity index (χ0n) is 10.7. The minimum Gasteiger partial charge on any atom is -0.395 e. The Balaban J connectivity index is 1.92. The molecule has 0 saturated carbocycles. The molecule has 2 rings (SSSR count). The van der Waals surface area contributed by atoms with Crippen LogP contribution in [-0.4, -0.2) is 26.5 Å². The zero-order chi connectivity index (χ0) is 13.5. The van der Waals surface area contributed by atoms with E-state index in [4.69, 9.17) is 5.11 Å². The summed E-state index contributed by atoms with van der Waals surface area (Å²) in [6.45, 7) is 0.111. The first-order chi connectivity index (χ1) is 9.29. The predicted molar refractivity (Wildman–Crippen MR) is 75.6 cm³/mol. The number of aromatic nitrogens is 3. The average molecular weight is 273 g/mol. The Labute approximate surface area is 116 Å². The molecule has 0 unspecified atom stereocenters. The molecule has 19 heavy (non-hydrogen) atoms. The van der Waals surface area contributed by atoms with Crippen LogP contribution in [0.15, 0.2) is 35.7 Å². The van der Waals surface area contributed by atoms with Crippen molar-refractivity contribution >= 4 is 11.8 Å². The molecule has 0 aliphatic carbocycles. The van der Waals surface area contributed by atoms with Crippen LogP contribution in [0, 0.1) is 11.8 Å². The summed E-state index contributed by atoms with van der Waals surface area (Å²) in [7, 11) is 1.93. The van der Waals surface area contributed by atoms with E-state index in [9.17, 15) is 0 Å². The van der Waals surface area contributed by atoms with Crippen molar-refractivity contribution in [3.8, 4) is 11.8 Å². The highest BCUT2D eigenvalue weighted by Crippen LogP contribution is 2.19. The molecule has 0 spiro atoms. The molecule has 0 atom stereocenters. The highest BCUT2D eigenvalue weighted by Gasteiger charge is 2.01. The highest BCUT2D eigenvalue weighted by atomic mass is 32.2. The van der Waals surface area contributed by atoms with E-state index in [-0.39, 0.29) is 6.61 Å². The smallest absolute Gasteiger partial charge is 0.191 e. The number of aryl methyl sites for hydroxylation is 1. The number of rotatable bonds is 4. The van der Waals surface area contributed by atoms with Crippen LogP contribution < -0.4 is 0 Å². The van der Waals surface area contributed by atoms with Gasteiger partial charge in [-0.05, 0) is 17.7 Å². The van der Waals surface area contributed by atoms with Gasteiger partial charge >= 0.3 is 0 Å². The van der Waals surface area contributed by atoms with Crippen molar-refractivity contribution in [3.63, 3.8) is 0 Å². The third-order valence-electron chi connectivity index (χ3n) is 2.46. The van der Waals surface area contributed by atoms with Gasteiger partial charge in [-0.3, -0.25) is 0 Å². The second kappa shape index (κ2) is 6.98. The number of aliphatic hydroxyl groups excluding tert-OH is 1. The largest absolute Gasteiger partial charge is 0.395 e. The van der Waals surface area contributed by atoms with Crippen molar-refractivity contribution in [3.05, 3.63) is 41.7 Å². The van der Waals surface area contributed by atoms with Gasteiger partial charge in [-0.2, -0.15) is 0 Å². The fraction of sp³-hybridized carbons (Fsp3) is 0.286. The molecule has 1 heterocycles. The zero-order valence-corrected chi connectivity index (χ0v) is 11.5. The summed E-state index contributed by atoms with van der Waals surface area (Å²) in [6.07, 6.45) is 2.21. The molecular weight excluding hydrogens is 258 g/mol. The molecule has 0 bridgehead atoms. The van der Waals surface area contributed by atoms with Crippen LogP contribution in [0.25, 0.3) is 0 Å². The lowest BCUT2D eigenvalue weighted by Crippen LogP contribution is -1.89. The van der Waals surface area contributed by atoms with Gasteiger partial charge in [-0.25, -0.2) is 0 Å². The van der Waals surface area contributed by atoms with Crippen molar-refractivity contribution in [2.24, 2.45) is 7.05 Å². The fourth-order valence-corrected chi connectivity index (χ4v) is 2.30. The minimum absolute atomic E-state index is 0.111. The minimum atomic E-state index is 0.111. The van der Waals surface area contributed by atoms with Gasteiger partial charge in [0.15, 0.2) is 5.16 Å². The normalized spacial score (nSPS) is 10.0. The molecule has 0 radical (unpaired) electrons. The van der Waals surface area contributed by atoms with Gasteiger partial charge in [0.1, 0.15) is 6.33 Å². The van der Waals surface area contributed by atoms with Crippen LogP contribution in [0.1, 0.15) is 17.5 Å². The molecule has 1 aromatic heterocycles. The Morgan fingerprint density at radius 2 is 2.11 bits per heavy atom. The van der Waals surface area contributed by atoms with E-state index in [0.29, 0.717) is 6.42 Å². The number of hydrogen-bond donors (Lipinski definition) is 1. The van der Waals surface area contributed by atoms with E-state index in [0.717, 1.165) is 16.5 Å². The molecule has 0 amide bonds. The van der Waals surface area contributed by atoms with Crippen molar-refractivity contribution in [2.75, 3.05) is 6.61 Å². The molecule has 5 heteroatoms. The van der Waals surface area contributed by atoms with E-state index < -0.39 is 0 Å². The summed E-state index contributed by atoms with van der Waals surface area (Å²) in [5.41, 5.74) is 2.20. The maximum atomic E-state index is 8.65. The van der Waals surface area contributed by atoms with Gasteiger partial charge in [-0.15, -0.1) is 10.2 Å². The topological polar surface area (TPSA) is 50.9 Å². The van der Waals surface area contributed by atoms with Crippen LogP contribution in [0.2, 0.25) is 0 Å². The molecule has 98 valence electrons. The van der Waals surface area contributed by atoms with Gasteiger partial charge in [0.25, 0.3) is 0 Å². The second-order valence-electron chi connectivity index (χ2n) is 3.99. The lowest BCUT2D eigenvalue weighted by atomic mass is 10.1. The van der Waals surface area contributed by atoms with Gasteiger partial charge in [0.2, 0.25) is 0 Å². The molecular formula is C14H15N3OS. The van der Waals surface area contributed by atoms with Crippen LogP contribution in [0.5, 0.6) is 0 Å². The van der Waals surface area contributed by atoms with Crippen LogP contribution in [0.3, 0.4) is 0 Å². The summed E-state index contributed by atoms with van der Waals surface area (Å²) in [5.74, 6) is 6.77. The first-order valence-electron chi connectivity index (χ1n) is 5.95. The number of nitrogens with zero attached hydrogens (tertiary/aromatic N) is 3. The van der Waals surface area contributed by atoms with Crippen molar-refractivity contribution in [1.82, 2.24) is 14.8 Å². The number of hydrogen-bond acceptors (Lipinski definition) is 4. The molecule has 0 aliphatic heterocycles. The molecule has 1 N–H and O–H groups in total. The summed E-state index contributed by atoms with van der Waals surface area (Å²) in [6, 6.07) is 8.12. The predicted octanol–water partition coefficient (Wildman–Crippen LogP) is 1.84. The van der Waals surface area contributed by atoms with E-state index in [1.54, 1.807) is 18.1 Å². The molecule has 0 fully saturated rings. The first-order valence-corrected chi connectivity index (χ1v) is 6.93. The Morgan fingerprint density at radius 1 is 1.32 bits per heavy atom. The lowest BCUT2D eigenvalue weighted by Gasteiger charge is -2.01. The first kappa shape index (κ1) is 13.7. The van der Waals surface area contributed by atoms with E-state index in [2.05, 4.69) is 34.2 Å². The van der Waals surface area contributed by atoms with E-state index in [1.165, 1.54) is 5.56 Å². The van der Waals surface area contributed by atoms with Crippen LogP contribution in [0.4, 0.5) is 0 Å². The van der Waals surface area contributed by atoms with Gasteiger partial charge in [0, 0.05) is 24.8 Å². The van der Waals surface area contributed by atoms with Crippen molar-refractivity contribution in [1.29, 1.82) is 0 Å². The Morgan fingerprint density at radius 3 is 2.74 bits per heavy atom. The van der Waals surface area contributed by atoms with Crippen molar-refractivity contribution < 1.29 is 5.11 Å². The van der Waals surface area contributed by atoms with Crippen LogP contribution >= 0.6 is 11.8 Å². The molecule has 4 nitrogen and oxygen atoms in total. The van der Waals surface area contributed by atoms with Gasteiger partial charge in [0.05, 0.1) is 6.61 Å². The second-order valence-corrected chi connectivity index (χ2v) is 4.93. The molecule has 1 aromatic carbocycles. The standard InChI is InChI=1S/C14H15N3OS/c1-17-11-15-16-14(17)19-10-13-7-5-12(6-8-13)4-2-3-9-18/h5-8,11,18H,3,9-10H2,1H3. The van der Waals surface area contributed by atoms with Crippen molar-refractivity contribution in [2.45, 2.75) is 17.3 Å². The summed E-state index contributed by atoms with van der Waals surface area (Å²) >= 11 is 1.65. The molecule has 0 aliphatic rings. The number of aliphatic hydroxyl groups is 1. The average Bonchev–Trinajstić information content (AvgIpc) is 2.84.